The van der Waals surface area contributed by atoms with Crippen molar-refractivity contribution in [2.75, 3.05) is 13.7 Å². The molecule has 1 saturated heterocycles. The predicted octanol–water partition coefficient (Wildman–Crippen LogP) is 0.0320. The van der Waals surface area contributed by atoms with Crippen molar-refractivity contribution in [3.05, 3.63) is 0 Å². The van der Waals surface area contributed by atoms with Gasteiger partial charge >= 0.3 is 0 Å². The minimum atomic E-state index is 0.195. The summed E-state index contributed by atoms with van der Waals surface area (Å²) in [7, 11) is 1.76. The van der Waals surface area contributed by atoms with Crippen LogP contribution in [0.4, 0.5) is 0 Å². The van der Waals surface area contributed by atoms with Gasteiger partial charge in [-0.2, -0.15) is 0 Å². The van der Waals surface area contributed by atoms with E-state index in [9.17, 15) is 4.79 Å². The summed E-state index contributed by atoms with van der Waals surface area (Å²) >= 11 is 0. The van der Waals surface area contributed by atoms with Crippen LogP contribution in [0.5, 0.6) is 0 Å². The molecule has 2 fully saturated rings. The summed E-state index contributed by atoms with van der Waals surface area (Å²) in [6.07, 6.45) is 4.34. The Labute approximate surface area is 84.4 Å². The van der Waals surface area contributed by atoms with Crippen molar-refractivity contribution in [1.82, 2.24) is 10.6 Å². The van der Waals surface area contributed by atoms with E-state index in [-0.39, 0.29) is 5.91 Å². The first-order valence-corrected chi connectivity index (χ1v) is 5.33. The van der Waals surface area contributed by atoms with Gasteiger partial charge in [0.15, 0.2) is 0 Å². The van der Waals surface area contributed by atoms with Crippen molar-refractivity contribution in [1.29, 1.82) is 0 Å². The normalized spacial score (nSPS) is 36.6. The lowest BCUT2D eigenvalue weighted by molar-refractivity contribution is -0.119. The number of nitrogens with one attached hydrogen (secondary N) is 2. The highest BCUT2D eigenvalue weighted by atomic mass is 16.5. The molecule has 1 atom stereocenters. The zero-order chi connectivity index (χ0) is 9.97. The van der Waals surface area contributed by atoms with Crippen LogP contribution in [-0.2, 0) is 9.53 Å². The second kappa shape index (κ2) is 4.28. The Kier molecular flexibility index (Phi) is 3.03. The highest BCUT2D eigenvalue weighted by molar-refractivity contribution is 5.78. The molecule has 1 saturated carbocycles. The van der Waals surface area contributed by atoms with E-state index in [4.69, 9.17) is 4.74 Å². The standard InChI is InChI=1S/C10H18N2O2/c1-14-9-4-8(5-9)11-6-7-2-3-10(13)12-7/h7-9,11H,2-6H2,1H3,(H,12,13). The van der Waals surface area contributed by atoms with E-state index >= 15 is 0 Å². The molecule has 4 heteroatoms. The predicted molar refractivity (Wildman–Crippen MR) is 53.0 cm³/mol. The topological polar surface area (TPSA) is 50.4 Å². The summed E-state index contributed by atoms with van der Waals surface area (Å²) in [6.45, 7) is 0.910. The Hall–Kier alpha value is -0.610. The average molecular weight is 198 g/mol. The van der Waals surface area contributed by atoms with Gasteiger partial charge in [0.05, 0.1) is 6.10 Å². The van der Waals surface area contributed by atoms with Crippen molar-refractivity contribution in [2.24, 2.45) is 0 Å². The lowest BCUT2D eigenvalue weighted by Crippen LogP contribution is -2.48. The number of rotatable bonds is 4. The summed E-state index contributed by atoms with van der Waals surface area (Å²) in [5, 5.41) is 6.40. The maximum atomic E-state index is 10.9. The minimum absolute atomic E-state index is 0.195. The van der Waals surface area contributed by atoms with E-state index < -0.39 is 0 Å². The first-order valence-electron chi connectivity index (χ1n) is 5.33. The smallest absolute Gasteiger partial charge is 0.220 e. The third kappa shape index (κ3) is 2.25. The number of methoxy groups -OCH3 is 1. The maximum absolute atomic E-state index is 10.9. The number of carbonyl (C=O) groups excluding carboxylic acids is 1. The second-order valence-corrected chi connectivity index (χ2v) is 4.24. The summed E-state index contributed by atoms with van der Waals surface area (Å²) in [6, 6.07) is 0.946. The van der Waals surface area contributed by atoms with Crippen molar-refractivity contribution in [3.8, 4) is 0 Å². The molecule has 0 aromatic heterocycles. The molecule has 4 nitrogen and oxygen atoms in total. The summed E-state index contributed by atoms with van der Waals surface area (Å²) in [5.41, 5.74) is 0. The van der Waals surface area contributed by atoms with Gasteiger partial charge < -0.3 is 15.4 Å². The molecule has 1 aliphatic carbocycles. The zero-order valence-electron chi connectivity index (χ0n) is 8.58. The number of hydrogen-bond acceptors (Lipinski definition) is 3. The molecule has 2 rings (SSSR count). The third-order valence-electron chi connectivity index (χ3n) is 3.17. The number of carbonyl (C=O) groups is 1. The first kappa shape index (κ1) is 9.93. The highest BCUT2D eigenvalue weighted by Crippen LogP contribution is 2.22. The lowest BCUT2D eigenvalue weighted by Gasteiger charge is -2.35. The molecule has 1 amide bonds. The van der Waals surface area contributed by atoms with E-state index in [2.05, 4.69) is 10.6 Å². The molecule has 2 aliphatic rings. The van der Waals surface area contributed by atoms with E-state index in [0.717, 1.165) is 25.8 Å². The highest BCUT2D eigenvalue weighted by Gasteiger charge is 2.29. The molecule has 1 heterocycles. The van der Waals surface area contributed by atoms with Crippen LogP contribution in [0.3, 0.4) is 0 Å². The molecule has 80 valence electrons. The molecule has 14 heavy (non-hydrogen) atoms. The molecule has 0 bridgehead atoms. The van der Waals surface area contributed by atoms with Crippen LogP contribution < -0.4 is 10.6 Å². The molecule has 0 spiro atoms. The Morgan fingerprint density at radius 2 is 2.36 bits per heavy atom. The molecule has 1 unspecified atom stereocenters. The van der Waals surface area contributed by atoms with E-state index in [0.29, 0.717) is 24.6 Å². The average Bonchev–Trinajstić information content (AvgIpc) is 2.49. The number of amides is 1. The van der Waals surface area contributed by atoms with Gasteiger partial charge in [0.25, 0.3) is 0 Å². The van der Waals surface area contributed by atoms with Crippen LogP contribution in [0, 0.1) is 0 Å². The Morgan fingerprint density at radius 1 is 1.57 bits per heavy atom. The van der Waals surface area contributed by atoms with Crippen LogP contribution >= 0.6 is 0 Å². The van der Waals surface area contributed by atoms with Gasteiger partial charge in [-0.25, -0.2) is 0 Å². The Balaban J connectivity index is 1.58. The summed E-state index contributed by atoms with van der Waals surface area (Å²) in [4.78, 5) is 10.9. The third-order valence-corrected chi connectivity index (χ3v) is 3.17. The minimum Gasteiger partial charge on any atom is -0.381 e. The van der Waals surface area contributed by atoms with Gasteiger partial charge in [0.2, 0.25) is 5.91 Å². The molecular weight excluding hydrogens is 180 g/mol. The summed E-state index contributed by atoms with van der Waals surface area (Å²) < 4.78 is 5.20. The zero-order valence-corrected chi connectivity index (χ0v) is 8.58. The van der Waals surface area contributed by atoms with Crippen LogP contribution in [0.1, 0.15) is 25.7 Å². The molecular formula is C10H18N2O2. The maximum Gasteiger partial charge on any atom is 0.220 e. The van der Waals surface area contributed by atoms with Gasteiger partial charge in [0.1, 0.15) is 0 Å². The van der Waals surface area contributed by atoms with Crippen LogP contribution in [-0.4, -0.2) is 37.7 Å². The van der Waals surface area contributed by atoms with Gasteiger partial charge in [-0.3, -0.25) is 4.79 Å². The molecule has 0 aromatic rings. The fourth-order valence-electron chi connectivity index (χ4n) is 2.06. The molecule has 0 radical (unpaired) electrons. The van der Waals surface area contributed by atoms with E-state index in [1.165, 1.54) is 0 Å². The lowest BCUT2D eigenvalue weighted by atomic mass is 9.89. The first-order chi connectivity index (χ1) is 6.78. The van der Waals surface area contributed by atoms with E-state index in [1.54, 1.807) is 7.11 Å². The molecule has 1 aliphatic heterocycles. The van der Waals surface area contributed by atoms with Gasteiger partial charge in [-0.05, 0) is 19.3 Å². The van der Waals surface area contributed by atoms with Crippen molar-refractivity contribution < 1.29 is 9.53 Å². The van der Waals surface area contributed by atoms with Crippen LogP contribution in [0.2, 0.25) is 0 Å². The summed E-state index contributed by atoms with van der Waals surface area (Å²) in [5.74, 6) is 0.195. The van der Waals surface area contributed by atoms with Gasteiger partial charge in [-0.1, -0.05) is 0 Å². The molecule has 2 N–H and O–H groups in total. The van der Waals surface area contributed by atoms with E-state index in [1.807, 2.05) is 0 Å². The Bertz CT molecular complexity index is 214. The Morgan fingerprint density at radius 3 is 2.93 bits per heavy atom. The second-order valence-electron chi connectivity index (χ2n) is 4.24. The molecule has 0 aromatic carbocycles. The quantitative estimate of drug-likeness (QED) is 0.670. The van der Waals surface area contributed by atoms with Crippen molar-refractivity contribution >= 4 is 5.91 Å². The van der Waals surface area contributed by atoms with Crippen molar-refractivity contribution in [3.63, 3.8) is 0 Å². The van der Waals surface area contributed by atoms with Gasteiger partial charge in [-0.15, -0.1) is 0 Å². The fourth-order valence-corrected chi connectivity index (χ4v) is 2.06. The number of hydrogen-bond donors (Lipinski definition) is 2. The number of ether oxygens (including phenoxy) is 1. The van der Waals surface area contributed by atoms with Gasteiger partial charge in [0, 0.05) is 32.2 Å². The fraction of sp³-hybridized carbons (Fsp3) is 0.900. The SMILES string of the molecule is COC1CC(NCC2CCC(=O)N2)C1. The monoisotopic (exact) mass is 198 g/mol. The van der Waals surface area contributed by atoms with Crippen LogP contribution in [0.25, 0.3) is 0 Å². The van der Waals surface area contributed by atoms with Crippen molar-refractivity contribution in [2.45, 2.75) is 43.9 Å². The largest absolute Gasteiger partial charge is 0.381 e. The van der Waals surface area contributed by atoms with Crippen LogP contribution in [0.15, 0.2) is 0 Å².